The molecule has 4 heterocycles. The van der Waals surface area contributed by atoms with Gasteiger partial charge in [-0.3, -0.25) is 14.0 Å². The summed E-state index contributed by atoms with van der Waals surface area (Å²) >= 11 is 1.49. The first-order valence-corrected chi connectivity index (χ1v) is 12.2. The number of anilines is 1. The van der Waals surface area contributed by atoms with Gasteiger partial charge in [0.2, 0.25) is 11.7 Å². The van der Waals surface area contributed by atoms with E-state index in [0.717, 1.165) is 21.9 Å². The Kier molecular flexibility index (Phi) is 5.55. The van der Waals surface area contributed by atoms with Crippen LogP contribution in [-0.2, 0) is 16.0 Å². The molecule has 0 radical (unpaired) electrons. The third-order valence-electron chi connectivity index (χ3n) is 6.05. The number of para-hydroxylation sites is 1. The predicted molar refractivity (Wildman–Crippen MR) is 134 cm³/mol. The molecule has 1 aliphatic heterocycles. The number of rotatable bonds is 5. The molecule has 1 fully saturated rings. The van der Waals surface area contributed by atoms with Crippen molar-refractivity contribution >= 4 is 44.8 Å². The van der Waals surface area contributed by atoms with E-state index in [1.807, 2.05) is 64.5 Å². The van der Waals surface area contributed by atoms with E-state index < -0.39 is 0 Å². The van der Waals surface area contributed by atoms with E-state index in [1.165, 1.54) is 11.3 Å². The molecule has 3 aromatic heterocycles. The van der Waals surface area contributed by atoms with Gasteiger partial charge in [-0.15, -0.1) is 11.3 Å². The van der Waals surface area contributed by atoms with E-state index in [4.69, 9.17) is 14.1 Å². The van der Waals surface area contributed by atoms with Crippen LogP contribution in [0.1, 0.15) is 16.2 Å². The number of thiazole rings is 1. The number of ether oxygens (including phenoxy) is 1. The fraction of sp³-hybridized carbons (Fsp3) is 0.192. The fourth-order valence-electron chi connectivity index (χ4n) is 4.28. The van der Waals surface area contributed by atoms with Gasteiger partial charge in [0.15, 0.2) is 4.96 Å². The first kappa shape index (κ1) is 21.6. The summed E-state index contributed by atoms with van der Waals surface area (Å²) in [6, 6.07) is 17.3. The summed E-state index contributed by atoms with van der Waals surface area (Å²) in [4.78, 5) is 33.6. The lowest BCUT2D eigenvalue weighted by Gasteiger charge is -2.26. The van der Waals surface area contributed by atoms with Gasteiger partial charge in [0.1, 0.15) is 11.3 Å². The third kappa shape index (κ3) is 4.09. The number of nitrogens with zero attached hydrogens (tertiary/aromatic N) is 3. The van der Waals surface area contributed by atoms with Gasteiger partial charge in [-0.25, -0.2) is 4.98 Å². The van der Waals surface area contributed by atoms with Crippen molar-refractivity contribution in [2.45, 2.75) is 6.42 Å². The molecule has 0 aliphatic carbocycles. The molecule has 5 aromatic rings. The number of carbonyl (C=O) groups excluding carboxylic acids is 2. The van der Waals surface area contributed by atoms with E-state index in [9.17, 15) is 9.59 Å². The number of imidazole rings is 1. The number of furan rings is 1. The molecule has 1 aliphatic rings. The lowest BCUT2D eigenvalue weighted by Crippen LogP contribution is -2.40. The van der Waals surface area contributed by atoms with E-state index in [0.29, 0.717) is 43.0 Å². The van der Waals surface area contributed by atoms with Crippen molar-refractivity contribution in [3.63, 3.8) is 0 Å². The minimum absolute atomic E-state index is 0.134. The van der Waals surface area contributed by atoms with Gasteiger partial charge >= 0.3 is 0 Å². The molecule has 1 N–H and O–H groups in total. The zero-order chi connectivity index (χ0) is 23.8. The third-order valence-corrected chi connectivity index (χ3v) is 6.94. The van der Waals surface area contributed by atoms with Crippen LogP contribution in [-0.4, -0.2) is 52.4 Å². The van der Waals surface area contributed by atoms with Crippen LogP contribution in [0.2, 0.25) is 0 Å². The molecule has 9 heteroatoms. The Morgan fingerprint density at radius 3 is 2.63 bits per heavy atom. The molecule has 1 saturated heterocycles. The Hall–Kier alpha value is -3.95. The van der Waals surface area contributed by atoms with Crippen LogP contribution in [0, 0.1) is 0 Å². The molecular formula is C26H22N4O4S. The second kappa shape index (κ2) is 9.01. The summed E-state index contributed by atoms with van der Waals surface area (Å²) in [5.74, 6) is -0.340. The highest BCUT2D eigenvalue weighted by Gasteiger charge is 2.27. The fourth-order valence-corrected chi connectivity index (χ4v) is 5.16. The molecule has 2 amide bonds. The van der Waals surface area contributed by atoms with Crippen molar-refractivity contribution in [2.24, 2.45) is 0 Å². The number of fused-ring (bicyclic) bond motifs is 2. The minimum Gasteiger partial charge on any atom is -0.449 e. The zero-order valence-electron chi connectivity index (χ0n) is 18.8. The summed E-state index contributed by atoms with van der Waals surface area (Å²) in [6.45, 7) is 1.94. The van der Waals surface area contributed by atoms with Gasteiger partial charge in [0, 0.05) is 41.3 Å². The van der Waals surface area contributed by atoms with Crippen LogP contribution in [0.4, 0.5) is 5.69 Å². The molecule has 0 spiro atoms. The van der Waals surface area contributed by atoms with Crippen molar-refractivity contribution in [3.05, 3.63) is 77.6 Å². The molecule has 2 aromatic carbocycles. The van der Waals surface area contributed by atoms with Crippen LogP contribution in [0.5, 0.6) is 0 Å². The van der Waals surface area contributed by atoms with Crippen LogP contribution >= 0.6 is 11.3 Å². The Balaban J connectivity index is 1.28. The van der Waals surface area contributed by atoms with Crippen molar-refractivity contribution in [1.82, 2.24) is 14.3 Å². The number of hydrogen-bond acceptors (Lipinski definition) is 6. The molecule has 8 nitrogen and oxygen atoms in total. The molecule has 35 heavy (non-hydrogen) atoms. The number of amides is 2. The Morgan fingerprint density at radius 1 is 1.03 bits per heavy atom. The summed E-state index contributed by atoms with van der Waals surface area (Å²) in [7, 11) is 0. The first-order valence-electron chi connectivity index (χ1n) is 11.4. The number of aromatic nitrogens is 2. The topological polar surface area (TPSA) is 89.1 Å². The minimum atomic E-state index is -0.250. The van der Waals surface area contributed by atoms with Gasteiger partial charge < -0.3 is 19.4 Å². The maximum Gasteiger partial charge on any atom is 0.291 e. The molecular weight excluding hydrogens is 464 g/mol. The van der Waals surface area contributed by atoms with E-state index in [1.54, 1.807) is 11.0 Å². The highest BCUT2D eigenvalue weighted by atomic mass is 32.1. The lowest BCUT2D eigenvalue weighted by molar-refractivity contribution is -0.115. The van der Waals surface area contributed by atoms with Crippen molar-refractivity contribution in [2.75, 3.05) is 31.6 Å². The Bertz CT molecular complexity index is 1530. The van der Waals surface area contributed by atoms with Crippen molar-refractivity contribution < 1.29 is 18.7 Å². The first-order chi connectivity index (χ1) is 17.2. The largest absolute Gasteiger partial charge is 0.449 e. The Labute approximate surface area is 204 Å². The number of nitrogens with one attached hydrogen (secondary N) is 1. The summed E-state index contributed by atoms with van der Waals surface area (Å²) in [5.41, 5.74) is 3.67. The number of hydrogen-bond donors (Lipinski definition) is 1. The van der Waals surface area contributed by atoms with Gasteiger partial charge in [-0.1, -0.05) is 42.5 Å². The Morgan fingerprint density at radius 2 is 1.80 bits per heavy atom. The highest BCUT2D eigenvalue weighted by molar-refractivity contribution is 7.15. The monoisotopic (exact) mass is 486 g/mol. The number of carbonyl (C=O) groups is 2. The van der Waals surface area contributed by atoms with Crippen molar-refractivity contribution in [1.29, 1.82) is 0 Å². The van der Waals surface area contributed by atoms with Crippen molar-refractivity contribution in [3.8, 4) is 11.3 Å². The molecule has 176 valence electrons. The smallest absolute Gasteiger partial charge is 0.291 e. The zero-order valence-corrected chi connectivity index (χ0v) is 19.6. The average Bonchev–Trinajstić information content (AvgIpc) is 3.59. The average molecular weight is 487 g/mol. The standard InChI is InChI=1S/C26H22N4O4S/c31-22(14-18-16-35-26-27-20(15-30(18)26)17-6-2-1-3-7-17)28-23-19-8-4-5-9-21(19)34-24(23)25(32)29-10-12-33-13-11-29/h1-9,15-16H,10-14H2,(H,28,31). The molecule has 0 unspecified atom stereocenters. The number of morpholine rings is 1. The van der Waals surface area contributed by atoms with Crippen LogP contribution in [0.25, 0.3) is 27.2 Å². The predicted octanol–water partition coefficient (Wildman–Crippen LogP) is 4.46. The van der Waals surface area contributed by atoms with Gasteiger partial charge in [-0.2, -0.15) is 0 Å². The van der Waals surface area contributed by atoms with Crippen LogP contribution < -0.4 is 5.32 Å². The normalized spacial score (nSPS) is 14.0. The maximum atomic E-state index is 13.2. The molecule has 0 atom stereocenters. The second-order valence-corrected chi connectivity index (χ2v) is 9.14. The summed E-state index contributed by atoms with van der Waals surface area (Å²) in [6.07, 6.45) is 2.08. The maximum absolute atomic E-state index is 13.2. The van der Waals surface area contributed by atoms with Gasteiger partial charge in [0.25, 0.3) is 5.91 Å². The van der Waals surface area contributed by atoms with E-state index in [2.05, 4.69) is 5.32 Å². The number of benzene rings is 2. The quantitative estimate of drug-likeness (QED) is 0.396. The van der Waals surface area contributed by atoms with Gasteiger partial charge in [0.05, 0.1) is 25.3 Å². The van der Waals surface area contributed by atoms with E-state index >= 15 is 0 Å². The summed E-state index contributed by atoms with van der Waals surface area (Å²) < 4.78 is 13.2. The highest BCUT2D eigenvalue weighted by Crippen LogP contribution is 2.32. The van der Waals surface area contributed by atoms with Crippen LogP contribution in [0.3, 0.4) is 0 Å². The van der Waals surface area contributed by atoms with Gasteiger partial charge in [-0.05, 0) is 12.1 Å². The second-order valence-electron chi connectivity index (χ2n) is 8.30. The molecule has 0 saturated carbocycles. The van der Waals surface area contributed by atoms with Crippen LogP contribution in [0.15, 0.2) is 70.6 Å². The van der Waals surface area contributed by atoms with E-state index in [-0.39, 0.29) is 24.0 Å². The SMILES string of the molecule is O=C(Cc1csc2nc(-c3ccccc3)cn12)Nc1c(C(=O)N2CCOCC2)oc2ccccc12. The molecule has 0 bridgehead atoms. The lowest BCUT2D eigenvalue weighted by atomic mass is 10.2. The molecule has 6 rings (SSSR count). The summed E-state index contributed by atoms with van der Waals surface area (Å²) in [5, 5.41) is 5.59.